The molecule has 0 heterocycles. The minimum Gasteiger partial charge on any atom is -0.391 e. The van der Waals surface area contributed by atoms with Crippen molar-refractivity contribution in [1.29, 1.82) is 0 Å². The summed E-state index contributed by atoms with van der Waals surface area (Å²) >= 11 is 4.61. The van der Waals surface area contributed by atoms with Crippen molar-refractivity contribution in [2.24, 2.45) is 5.73 Å². The van der Waals surface area contributed by atoms with Crippen LogP contribution in [0.2, 0.25) is 0 Å². The van der Waals surface area contributed by atoms with Crippen molar-refractivity contribution < 1.29 is 9.47 Å². The Kier molecular flexibility index (Phi) is 7.78. The zero-order valence-electron chi connectivity index (χ0n) is 6.84. The van der Waals surface area contributed by atoms with Crippen molar-refractivity contribution in [3.8, 4) is 0 Å². The summed E-state index contributed by atoms with van der Waals surface area (Å²) in [7, 11) is 0. The van der Waals surface area contributed by atoms with Gasteiger partial charge in [-0.3, -0.25) is 0 Å². The number of hydrogen-bond donors (Lipinski definition) is 1. The minimum atomic E-state index is 0.352. The molecule has 0 rings (SSSR count). The van der Waals surface area contributed by atoms with Crippen molar-refractivity contribution in [3.05, 3.63) is 0 Å². The molecule has 11 heavy (non-hydrogen) atoms. The third-order valence-corrected chi connectivity index (χ3v) is 1.08. The highest BCUT2D eigenvalue weighted by Crippen LogP contribution is 1.81. The molecule has 0 fully saturated rings. The highest BCUT2D eigenvalue weighted by atomic mass is 32.1. The van der Waals surface area contributed by atoms with Gasteiger partial charge in [0.05, 0.1) is 24.8 Å². The fourth-order valence-corrected chi connectivity index (χ4v) is 0.620. The third-order valence-electron chi connectivity index (χ3n) is 0.965. The van der Waals surface area contributed by atoms with Crippen LogP contribution in [-0.2, 0) is 9.47 Å². The lowest BCUT2D eigenvalue weighted by molar-refractivity contribution is 0.0623. The van der Waals surface area contributed by atoms with Crippen LogP contribution in [0.15, 0.2) is 0 Å². The zero-order chi connectivity index (χ0) is 8.53. The van der Waals surface area contributed by atoms with E-state index in [-0.39, 0.29) is 0 Å². The number of ether oxygens (including phenoxy) is 2. The molecule has 2 N–H and O–H groups in total. The van der Waals surface area contributed by atoms with E-state index < -0.39 is 0 Å². The molecule has 0 saturated heterocycles. The fraction of sp³-hybridized carbons (Fsp3) is 0.857. The Morgan fingerprint density at radius 3 is 2.45 bits per heavy atom. The molecule has 0 amide bonds. The monoisotopic (exact) mass is 177 g/mol. The molecule has 0 aliphatic carbocycles. The third kappa shape index (κ3) is 9.81. The number of thiocarbonyl (C=S) groups is 1. The van der Waals surface area contributed by atoms with E-state index in [0.29, 0.717) is 24.8 Å². The van der Waals surface area contributed by atoms with E-state index in [2.05, 4.69) is 19.1 Å². The molecule has 0 saturated carbocycles. The first-order valence-electron chi connectivity index (χ1n) is 3.71. The first-order chi connectivity index (χ1) is 5.27. The van der Waals surface area contributed by atoms with Gasteiger partial charge in [0.2, 0.25) is 0 Å². The van der Waals surface area contributed by atoms with Gasteiger partial charge in [-0.05, 0) is 6.42 Å². The quantitative estimate of drug-likeness (QED) is 0.459. The topological polar surface area (TPSA) is 44.5 Å². The Morgan fingerprint density at radius 2 is 1.91 bits per heavy atom. The Hall–Kier alpha value is -0.190. The van der Waals surface area contributed by atoms with Crippen LogP contribution in [0.1, 0.15) is 13.3 Å². The minimum absolute atomic E-state index is 0.352. The summed E-state index contributed by atoms with van der Waals surface area (Å²) < 4.78 is 10.2. The molecule has 0 spiro atoms. The van der Waals surface area contributed by atoms with Gasteiger partial charge in [0.1, 0.15) is 0 Å². The van der Waals surface area contributed by atoms with Crippen LogP contribution in [0.5, 0.6) is 0 Å². The van der Waals surface area contributed by atoms with Crippen molar-refractivity contribution in [3.63, 3.8) is 0 Å². The van der Waals surface area contributed by atoms with E-state index in [1.807, 2.05) is 0 Å². The molecule has 4 heteroatoms. The van der Waals surface area contributed by atoms with Crippen LogP contribution < -0.4 is 5.73 Å². The summed E-state index contributed by atoms with van der Waals surface area (Å²) in [5.74, 6) is 0. The Balaban J connectivity index is 2.85. The first kappa shape index (κ1) is 10.8. The second-order valence-electron chi connectivity index (χ2n) is 2.13. The van der Waals surface area contributed by atoms with E-state index in [9.17, 15) is 0 Å². The van der Waals surface area contributed by atoms with Crippen LogP contribution in [0, 0.1) is 0 Å². The van der Waals surface area contributed by atoms with Crippen LogP contribution in [0.4, 0.5) is 0 Å². The molecule has 0 unspecified atom stereocenters. The van der Waals surface area contributed by atoms with Crippen molar-refractivity contribution in [1.82, 2.24) is 0 Å². The van der Waals surface area contributed by atoms with Crippen LogP contribution in [0.25, 0.3) is 0 Å². The van der Waals surface area contributed by atoms with Gasteiger partial charge < -0.3 is 15.2 Å². The predicted octanol–water partition coefficient (Wildman–Crippen LogP) is 0.716. The second-order valence-corrected chi connectivity index (χ2v) is 2.66. The van der Waals surface area contributed by atoms with Gasteiger partial charge in [-0.1, -0.05) is 19.1 Å². The summed E-state index contributed by atoms with van der Waals surface area (Å²) in [6.07, 6.45) is 1.04. The van der Waals surface area contributed by atoms with Gasteiger partial charge in [0, 0.05) is 6.61 Å². The lowest BCUT2D eigenvalue weighted by atomic mass is 10.5. The highest BCUT2D eigenvalue weighted by molar-refractivity contribution is 7.80. The first-order valence-corrected chi connectivity index (χ1v) is 4.12. The van der Waals surface area contributed by atoms with Crippen molar-refractivity contribution in [2.75, 3.05) is 26.4 Å². The average molecular weight is 177 g/mol. The van der Waals surface area contributed by atoms with Crippen LogP contribution >= 0.6 is 12.2 Å². The van der Waals surface area contributed by atoms with Gasteiger partial charge in [-0.15, -0.1) is 0 Å². The molecule has 0 aromatic heterocycles. The normalized spacial score (nSPS) is 9.91. The SMILES string of the molecule is CCCOCCOCC(N)=S. The van der Waals surface area contributed by atoms with Crippen LogP contribution in [0.3, 0.4) is 0 Å². The molecular formula is C7H15NO2S. The maximum Gasteiger partial charge on any atom is 0.0989 e. The highest BCUT2D eigenvalue weighted by Gasteiger charge is 1.89. The summed E-state index contributed by atoms with van der Waals surface area (Å²) in [6.45, 7) is 4.39. The van der Waals surface area contributed by atoms with Gasteiger partial charge in [-0.25, -0.2) is 0 Å². The van der Waals surface area contributed by atoms with E-state index in [1.165, 1.54) is 0 Å². The predicted molar refractivity (Wildman–Crippen MR) is 48.7 cm³/mol. The fourth-order valence-electron chi connectivity index (χ4n) is 0.537. The molecule has 0 aromatic rings. The lowest BCUT2D eigenvalue weighted by Crippen LogP contribution is -2.17. The summed E-state index contributed by atoms with van der Waals surface area (Å²) in [5.41, 5.74) is 5.20. The lowest BCUT2D eigenvalue weighted by Gasteiger charge is -2.02. The van der Waals surface area contributed by atoms with Crippen molar-refractivity contribution in [2.45, 2.75) is 13.3 Å². The van der Waals surface area contributed by atoms with E-state index in [0.717, 1.165) is 13.0 Å². The molecule has 0 aliphatic rings. The van der Waals surface area contributed by atoms with E-state index in [4.69, 9.17) is 15.2 Å². The smallest absolute Gasteiger partial charge is 0.0989 e. The Bertz CT molecular complexity index is 109. The summed E-state index contributed by atoms with van der Waals surface area (Å²) in [5, 5.41) is 0. The molecule has 0 aromatic carbocycles. The molecule has 0 atom stereocenters. The molecule has 3 nitrogen and oxygen atoms in total. The number of hydrogen-bond acceptors (Lipinski definition) is 3. The van der Waals surface area contributed by atoms with Gasteiger partial charge >= 0.3 is 0 Å². The largest absolute Gasteiger partial charge is 0.391 e. The summed E-state index contributed by atoms with van der Waals surface area (Å²) in [6, 6.07) is 0. The molecule has 66 valence electrons. The Morgan fingerprint density at radius 1 is 1.27 bits per heavy atom. The van der Waals surface area contributed by atoms with Gasteiger partial charge in [0.25, 0.3) is 0 Å². The Labute approximate surface area is 72.9 Å². The van der Waals surface area contributed by atoms with Crippen LogP contribution in [-0.4, -0.2) is 31.4 Å². The van der Waals surface area contributed by atoms with Gasteiger partial charge in [0.15, 0.2) is 0 Å². The maximum atomic E-state index is 5.20. The average Bonchev–Trinajstić information content (AvgIpc) is 1.96. The molecular weight excluding hydrogens is 162 g/mol. The van der Waals surface area contributed by atoms with E-state index in [1.54, 1.807) is 0 Å². The molecule has 0 radical (unpaired) electrons. The molecule has 0 bridgehead atoms. The van der Waals surface area contributed by atoms with E-state index >= 15 is 0 Å². The standard InChI is InChI=1S/C7H15NO2S/c1-2-3-9-4-5-10-6-7(8)11/h2-6H2,1H3,(H2,8,11). The number of rotatable bonds is 7. The van der Waals surface area contributed by atoms with Crippen molar-refractivity contribution >= 4 is 17.2 Å². The number of nitrogens with two attached hydrogens (primary N) is 1. The zero-order valence-corrected chi connectivity index (χ0v) is 7.65. The second kappa shape index (κ2) is 7.91. The molecule has 0 aliphatic heterocycles. The summed E-state index contributed by atoms with van der Waals surface area (Å²) in [4.78, 5) is 0.389. The maximum absolute atomic E-state index is 5.20. The van der Waals surface area contributed by atoms with Gasteiger partial charge in [-0.2, -0.15) is 0 Å².